The highest BCUT2D eigenvalue weighted by atomic mass is 79.9. The number of benzene rings is 1. The summed E-state index contributed by atoms with van der Waals surface area (Å²) in [4.78, 5) is 0. The fourth-order valence-corrected chi connectivity index (χ4v) is 1.57. The molecule has 2 N–H and O–H groups in total. The summed E-state index contributed by atoms with van der Waals surface area (Å²) in [5.41, 5.74) is 5.60. The lowest BCUT2D eigenvalue weighted by Gasteiger charge is -2.13. The first-order valence-electron chi connectivity index (χ1n) is 4.19. The van der Waals surface area contributed by atoms with E-state index in [1.165, 1.54) is 6.07 Å². The third-order valence-corrected chi connectivity index (χ3v) is 2.18. The van der Waals surface area contributed by atoms with E-state index in [4.69, 9.17) is 5.73 Å². The third-order valence-electron chi connectivity index (χ3n) is 1.72. The zero-order chi connectivity index (χ0) is 12.3. The fraction of sp³-hybridized carbons (Fsp3) is 0.333. The number of alkyl halides is 4. The number of halogens is 6. The molecule has 98 valence electrons. The molecular weight excluding hydrogens is 329 g/mol. The molecule has 1 aromatic rings. The van der Waals surface area contributed by atoms with E-state index >= 15 is 0 Å². The Labute approximate surface area is 110 Å². The molecule has 0 radical (unpaired) electrons. The van der Waals surface area contributed by atoms with Crippen molar-refractivity contribution in [2.45, 2.75) is 12.4 Å². The van der Waals surface area contributed by atoms with Crippen molar-refractivity contribution in [2.75, 3.05) is 6.67 Å². The SMILES string of the molecule is Cl.N[C@H](CF)c1cc(Br)cc(OC(F)(F)F)c1. The second-order valence-corrected chi connectivity index (χ2v) is 3.94. The highest BCUT2D eigenvalue weighted by Crippen LogP contribution is 2.29. The Morgan fingerprint density at radius 2 is 1.88 bits per heavy atom. The van der Waals surface area contributed by atoms with Crippen LogP contribution in [0.25, 0.3) is 0 Å². The molecule has 0 aliphatic heterocycles. The summed E-state index contributed by atoms with van der Waals surface area (Å²) in [5.74, 6) is -0.430. The van der Waals surface area contributed by atoms with Crippen LogP contribution in [0.1, 0.15) is 11.6 Å². The van der Waals surface area contributed by atoms with Gasteiger partial charge >= 0.3 is 6.36 Å². The molecule has 0 unspecified atom stereocenters. The van der Waals surface area contributed by atoms with Crippen LogP contribution in [0.5, 0.6) is 5.75 Å². The van der Waals surface area contributed by atoms with E-state index in [9.17, 15) is 17.6 Å². The van der Waals surface area contributed by atoms with Crippen molar-refractivity contribution >= 4 is 28.3 Å². The summed E-state index contributed by atoms with van der Waals surface area (Å²) >= 11 is 2.99. The number of rotatable bonds is 3. The molecule has 0 aromatic heterocycles. The van der Waals surface area contributed by atoms with Gasteiger partial charge in [0, 0.05) is 4.47 Å². The minimum Gasteiger partial charge on any atom is -0.406 e. The van der Waals surface area contributed by atoms with Crippen LogP contribution in [0.15, 0.2) is 22.7 Å². The number of ether oxygens (including phenoxy) is 1. The lowest BCUT2D eigenvalue weighted by atomic mass is 10.1. The first kappa shape index (κ1) is 16.5. The second-order valence-electron chi connectivity index (χ2n) is 3.03. The molecule has 0 saturated carbocycles. The second kappa shape index (κ2) is 6.42. The van der Waals surface area contributed by atoms with Crippen molar-refractivity contribution in [3.05, 3.63) is 28.2 Å². The van der Waals surface area contributed by atoms with Gasteiger partial charge in [-0.2, -0.15) is 0 Å². The smallest absolute Gasteiger partial charge is 0.406 e. The molecule has 1 atom stereocenters. The van der Waals surface area contributed by atoms with Crippen LogP contribution in [0.3, 0.4) is 0 Å². The molecule has 0 aliphatic carbocycles. The summed E-state index contributed by atoms with van der Waals surface area (Å²) in [5, 5.41) is 0. The van der Waals surface area contributed by atoms with Crippen molar-refractivity contribution in [2.24, 2.45) is 5.73 Å². The molecule has 0 heterocycles. The van der Waals surface area contributed by atoms with Gasteiger partial charge in [0.15, 0.2) is 0 Å². The predicted molar refractivity (Wildman–Crippen MR) is 61.0 cm³/mol. The van der Waals surface area contributed by atoms with Crippen molar-refractivity contribution in [1.82, 2.24) is 0 Å². The van der Waals surface area contributed by atoms with Gasteiger partial charge < -0.3 is 10.5 Å². The normalized spacial score (nSPS) is 12.8. The van der Waals surface area contributed by atoms with Crippen LogP contribution in [0.4, 0.5) is 17.6 Å². The monoisotopic (exact) mass is 337 g/mol. The summed E-state index contributed by atoms with van der Waals surface area (Å²) in [6, 6.07) is 2.66. The summed E-state index contributed by atoms with van der Waals surface area (Å²) in [6.07, 6.45) is -4.78. The van der Waals surface area contributed by atoms with Crippen LogP contribution in [0.2, 0.25) is 0 Å². The van der Waals surface area contributed by atoms with E-state index in [1.54, 1.807) is 0 Å². The van der Waals surface area contributed by atoms with Gasteiger partial charge in [0.2, 0.25) is 0 Å². The quantitative estimate of drug-likeness (QED) is 0.852. The highest BCUT2D eigenvalue weighted by Gasteiger charge is 2.31. The average molecular weight is 339 g/mol. The van der Waals surface area contributed by atoms with Gasteiger partial charge in [0.25, 0.3) is 0 Å². The van der Waals surface area contributed by atoms with Gasteiger partial charge in [-0.25, -0.2) is 4.39 Å². The predicted octanol–water partition coefficient (Wildman–Crippen LogP) is 3.74. The van der Waals surface area contributed by atoms with Crippen LogP contribution in [0, 0.1) is 0 Å². The zero-order valence-electron chi connectivity index (χ0n) is 8.30. The average Bonchev–Trinajstić information content (AvgIpc) is 2.12. The van der Waals surface area contributed by atoms with Crippen molar-refractivity contribution < 1.29 is 22.3 Å². The molecule has 8 heteroatoms. The minimum atomic E-state index is -4.78. The summed E-state index contributed by atoms with van der Waals surface area (Å²) < 4.78 is 52.2. The van der Waals surface area contributed by atoms with Crippen molar-refractivity contribution in [1.29, 1.82) is 0 Å². The first-order chi connectivity index (χ1) is 7.31. The molecule has 1 aromatic carbocycles. The fourth-order valence-electron chi connectivity index (χ4n) is 1.08. The van der Waals surface area contributed by atoms with Gasteiger partial charge in [-0.15, -0.1) is 25.6 Å². The van der Waals surface area contributed by atoms with E-state index in [2.05, 4.69) is 20.7 Å². The van der Waals surface area contributed by atoms with Gasteiger partial charge in [0.1, 0.15) is 12.4 Å². The topological polar surface area (TPSA) is 35.2 Å². The maximum Gasteiger partial charge on any atom is 0.573 e. The molecule has 0 amide bonds. The highest BCUT2D eigenvalue weighted by molar-refractivity contribution is 9.10. The minimum absolute atomic E-state index is 0. The van der Waals surface area contributed by atoms with E-state index in [-0.39, 0.29) is 18.0 Å². The van der Waals surface area contributed by atoms with Crippen LogP contribution < -0.4 is 10.5 Å². The van der Waals surface area contributed by atoms with Gasteiger partial charge in [-0.3, -0.25) is 0 Å². The van der Waals surface area contributed by atoms with Gasteiger partial charge in [0.05, 0.1) is 6.04 Å². The van der Waals surface area contributed by atoms with Gasteiger partial charge in [-0.05, 0) is 23.8 Å². The molecule has 0 bridgehead atoms. The first-order valence-corrected chi connectivity index (χ1v) is 4.99. The Kier molecular flexibility index (Phi) is 6.22. The van der Waals surface area contributed by atoms with Gasteiger partial charge in [-0.1, -0.05) is 15.9 Å². The molecule has 0 aliphatic rings. The molecular formula is C9H9BrClF4NO. The Balaban J connectivity index is 0.00000256. The molecule has 0 spiro atoms. The van der Waals surface area contributed by atoms with E-state index < -0.39 is 24.8 Å². The zero-order valence-corrected chi connectivity index (χ0v) is 10.7. The standard InChI is InChI=1S/C9H8BrF4NO.ClH/c10-6-1-5(8(15)4-11)2-7(3-6)16-9(12,13)14;/h1-3,8H,4,15H2;1H/t8-;/m1./s1. The number of nitrogens with two attached hydrogens (primary N) is 1. The molecule has 2 nitrogen and oxygen atoms in total. The molecule has 1 rings (SSSR count). The summed E-state index contributed by atoms with van der Waals surface area (Å²) in [7, 11) is 0. The van der Waals surface area contributed by atoms with E-state index in [0.29, 0.717) is 4.47 Å². The lowest BCUT2D eigenvalue weighted by molar-refractivity contribution is -0.274. The molecule has 0 fully saturated rings. The summed E-state index contributed by atoms with van der Waals surface area (Å²) in [6.45, 7) is -0.859. The largest absolute Gasteiger partial charge is 0.573 e. The maximum absolute atomic E-state index is 12.3. The Morgan fingerprint density at radius 3 is 2.35 bits per heavy atom. The molecule has 0 saturated heterocycles. The lowest BCUT2D eigenvalue weighted by Crippen LogP contribution is -2.18. The van der Waals surface area contributed by atoms with Crippen LogP contribution >= 0.6 is 28.3 Å². The van der Waals surface area contributed by atoms with Crippen LogP contribution in [-0.2, 0) is 0 Å². The maximum atomic E-state index is 12.3. The third kappa shape index (κ3) is 5.56. The van der Waals surface area contributed by atoms with Crippen molar-refractivity contribution in [3.8, 4) is 5.75 Å². The molecule has 17 heavy (non-hydrogen) atoms. The Hall–Kier alpha value is -0.530. The van der Waals surface area contributed by atoms with E-state index in [0.717, 1.165) is 12.1 Å². The van der Waals surface area contributed by atoms with E-state index in [1.807, 2.05) is 0 Å². The van der Waals surface area contributed by atoms with Crippen molar-refractivity contribution in [3.63, 3.8) is 0 Å². The number of hydrogen-bond acceptors (Lipinski definition) is 2. The Bertz CT molecular complexity index is 375. The number of hydrogen-bond donors (Lipinski definition) is 1. The van der Waals surface area contributed by atoms with Crippen LogP contribution in [-0.4, -0.2) is 13.0 Å². The Morgan fingerprint density at radius 1 is 1.29 bits per heavy atom.